The first-order chi connectivity index (χ1) is 6.48. The molecule has 0 aromatic rings. The molecule has 3 nitrogen and oxygen atoms in total. The van der Waals surface area contributed by atoms with E-state index in [4.69, 9.17) is 9.84 Å². The fourth-order valence-corrected chi connectivity index (χ4v) is 0.574. The average molecular weight is 214 g/mol. The number of hydrogen-bond donors (Lipinski definition) is 1. The summed E-state index contributed by atoms with van der Waals surface area (Å²) in [6.45, 7) is 3.14. The van der Waals surface area contributed by atoms with Crippen molar-refractivity contribution in [3.05, 3.63) is 12.7 Å². The lowest BCUT2D eigenvalue weighted by Gasteiger charge is -2.14. The first-order valence-corrected chi connectivity index (χ1v) is 3.99. The van der Waals surface area contributed by atoms with Crippen LogP contribution in [-0.4, -0.2) is 43.8 Å². The van der Waals surface area contributed by atoms with Gasteiger partial charge in [0.25, 0.3) is 0 Å². The van der Waals surface area contributed by atoms with E-state index in [-0.39, 0.29) is 13.2 Å². The Morgan fingerprint density at radius 2 is 1.86 bits per heavy atom. The van der Waals surface area contributed by atoms with Crippen molar-refractivity contribution in [3.8, 4) is 0 Å². The van der Waals surface area contributed by atoms with Gasteiger partial charge in [-0.1, -0.05) is 6.08 Å². The van der Waals surface area contributed by atoms with Gasteiger partial charge in [0.1, 0.15) is 0 Å². The van der Waals surface area contributed by atoms with Gasteiger partial charge >= 0.3 is 6.18 Å². The Kier molecular flexibility index (Phi) is 6.52. The number of ether oxygens (including phenoxy) is 2. The molecule has 6 heteroatoms. The summed E-state index contributed by atoms with van der Waals surface area (Å²) in [4.78, 5) is 0. The molecular formula is C8H13F3O3. The average Bonchev–Trinajstić information content (AvgIpc) is 2.09. The van der Waals surface area contributed by atoms with Crippen LogP contribution in [0.2, 0.25) is 0 Å². The van der Waals surface area contributed by atoms with Crippen molar-refractivity contribution in [2.75, 3.05) is 26.4 Å². The van der Waals surface area contributed by atoms with Crippen LogP contribution in [0.25, 0.3) is 0 Å². The first kappa shape index (κ1) is 13.4. The number of rotatable bonds is 7. The lowest BCUT2D eigenvalue weighted by Crippen LogP contribution is -2.33. The van der Waals surface area contributed by atoms with E-state index in [0.717, 1.165) is 0 Å². The van der Waals surface area contributed by atoms with Gasteiger partial charge in [-0.3, -0.25) is 0 Å². The first-order valence-electron chi connectivity index (χ1n) is 3.99. The molecule has 1 unspecified atom stereocenters. The van der Waals surface area contributed by atoms with E-state index in [9.17, 15) is 13.2 Å². The second-order valence-corrected chi connectivity index (χ2v) is 2.50. The summed E-state index contributed by atoms with van der Waals surface area (Å²) < 4.78 is 44.5. The third kappa shape index (κ3) is 6.88. The van der Waals surface area contributed by atoms with Crippen molar-refractivity contribution >= 4 is 0 Å². The zero-order valence-corrected chi connectivity index (χ0v) is 7.59. The second kappa shape index (κ2) is 6.80. The zero-order chi connectivity index (χ0) is 11.0. The molecule has 14 heavy (non-hydrogen) atoms. The Labute approximate surface area is 80.1 Å². The molecule has 0 rings (SSSR count). The van der Waals surface area contributed by atoms with Crippen molar-refractivity contribution < 1.29 is 27.8 Å². The number of alkyl halides is 3. The van der Waals surface area contributed by atoms with Crippen LogP contribution in [0.5, 0.6) is 0 Å². The molecule has 84 valence electrons. The van der Waals surface area contributed by atoms with Crippen LogP contribution in [0.4, 0.5) is 13.2 Å². The Balaban J connectivity index is 3.32. The zero-order valence-electron chi connectivity index (χ0n) is 7.59. The third-order valence-electron chi connectivity index (χ3n) is 1.26. The van der Waals surface area contributed by atoms with E-state index in [1.54, 1.807) is 0 Å². The van der Waals surface area contributed by atoms with Gasteiger partial charge in [0, 0.05) is 0 Å². The van der Waals surface area contributed by atoms with E-state index in [0.29, 0.717) is 6.61 Å². The van der Waals surface area contributed by atoms with Crippen molar-refractivity contribution in [2.24, 2.45) is 0 Å². The minimum atomic E-state index is -4.62. The SMILES string of the molecule is C=CCOCCOCC(O)C(F)(F)F. The van der Waals surface area contributed by atoms with Crippen LogP contribution in [0.1, 0.15) is 0 Å². The third-order valence-corrected chi connectivity index (χ3v) is 1.26. The Bertz CT molecular complexity index is 158. The lowest BCUT2D eigenvalue weighted by atomic mass is 10.4. The van der Waals surface area contributed by atoms with E-state index in [1.807, 2.05) is 0 Å². The van der Waals surface area contributed by atoms with Crippen molar-refractivity contribution in [3.63, 3.8) is 0 Å². The summed E-state index contributed by atoms with van der Waals surface area (Å²) in [5.74, 6) is 0. The van der Waals surface area contributed by atoms with Crippen molar-refractivity contribution in [1.82, 2.24) is 0 Å². The Hall–Kier alpha value is -0.590. The fraction of sp³-hybridized carbons (Fsp3) is 0.750. The highest BCUT2D eigenvalue weighted by molar-refractivity contribution is 4.64. The van der Waals surface area contributed by atoms with E-state index in [2.05, 4.69) is 11.3 Å². The predicted octanol–water partition coefficient (Wildman–Crippen LogP) is 1.13. The minimum Gasteiger partial charge on any atom is -0.382 e. The van der Waals surface area contributed by atoms with Crippen molar-refractivity contribution in [1.29, 1.82) is 0 Å². The molecule has 0 aliphatic carbocycles. The highest BCUT2D eigenvalue weighted by Crippen LogP contribution is 2.19. The summed E-state index contributed by atoms with van der Waals surface area (Å²) in [5.41, 5.74) is 0. The Morgan fingerprint density at radius 3 is 2.36 bits per heavy atom. The van der Waals surface area contributed by atoms with Gasteiger partial charge in [0.15, 0.2) is 6.10 Å². The second-order valence-electron chi connectivity index (χ2n) is 2.50. The summed E-state index contributed by atoms with van der Waals surface area (Å²) in [6.07, 6.45) is -5.53. The van der Waals surface area contributed by atoms with E-state index >= 15 is 0 Å². The van der Waals surface area contributed by atoms with E-state index < -0.39 is 18.9 Å². The highest BCUT2D eigenvalue weighted by Gasteiger charge is 2.38. The maximum Gasteiger partial charge on any atom is 0.416 e. The molecule has 0 fully saturated rings. The van der Waals surface area contributed by atoms with Crippen LogP contribution < -0.4 is 0 Å². The quantitative estimate of drug-likeness (QED) is 0.510. The fourth-order valence-electron chi connectivity index (χ4n) is 0.574. The molecule has 0 spiro atoms. The number of hydrogen-bond acceptors (Lipinski definition) is 3. The number of aliphatic hydroxyl groups is 1. The molecule has 1 atom stereocenters. The van der Waals surface area contributed by atoms with Crippen molar-refractivity contribution in [2.45, 2.75) is 12.3 Å². The molecule has 0 saturated carbocycles. The minimum absolute atomic E-state index is 0.0149. The van der Waals surface area contributed by atoms with Gasteiger partial charge in [0.2, 0.25) is 0 Å². The maximum atomic E-state index is 11.7. The highest BCUT2D eigenvalue weighted by atomic mass is 19.4. The van der Waals surface area contributed by atoms with Crippen LogP contribution >= 0.6 is 0 Å². The largest absolute Gasteiger partial charge is 0.416 e. The molecule has 0 amide bonds. The topological polar surface area (TPSA) is 38.7 Å². The molecule has 0 aliphatic heterocycles. The molecule has 0 aromatic carbocycles. The standard InChI is InChI=1S/C8H13F3O3/c1-2-3-13-4-5-14-6-7(12)8(9,10)11/h2,7,12H,1,3-6H2. The lowest BCUT2D eigenvalue weighted by molar-refractivity contribution is -0.218. The molecule has 0 saturated heterocycles. The Morgan fingerprint density at radius 1 is 1.29 bits per heavy atom. The van der Waals surface area contributed by atoms with Gasteiger partial charge in [-0.05, 0) is 0 Å². The number of aliphatic hydroxyl groups excluding tert-OH is 1. The summed E-state index contributed by atoms with van der Waals surface area (Å²) in [6, 6.07) is 0. The van der Waals surface area contributed by atoms with Crippen LogP contribution in [-0.2, 0) is 9.47 Å². The van der Waals surface area contributed by atoms with Gasteiger partial charge in [-0.25, -0.2) is 0 Å². The molecule has 1 N–H and O–H groups in total. The van der Waals surface area contributed by atoms with Gasteiger partial charge < -0.3 is 14.6 Å². The summed E-state index contributed by atoms with van der Waals surface area (Å²) in [5, 5.41) is 8.48. The van der Waals surface area contributed by atoms with Crippen LogP contribution in [0.15, 0.2) is 12.7 Å². The van der Waals surface area contributed by atoms with E-state index in [1.165, 1.54) is 6.08 Å². The molecule has 0 radical (unpaired) electrons. The summed E-state index contributed by atoms with van der Waals surface area (Å²) >= 11 is 0. The molecule has 0 bridgehead atoms. The molecule has 0 heterocycles. The predicted molar refractivity (Wildman–Crippen MR) is 43.9 cm³/mol. The van der Waals surface area contributed by atoms with Gasteiger partial charge in [0.05, 0.1) is 26.4 Å². The van der Waals surface area contributed by atoms with Gasteiger partial charge in [-0.2, -0.15) is 13.2 Å². The molecular weight excluding hydrogens is 201 g/mol. The normalized spacial score (nSPS) is 14.0. The van der Waals surface area contributed by atoms with Crippen LogP contribution in [0, 0.1) is 0 Å². The van der Waals surface area contributed by atoms with Crippen LogP contribution in [0.3, 0.4) is 0 Å². The molecule has 0 aromatic heterocycles. The summed E-state index contributed by atoms with van der Waals surface area (Å²) in [7, 11) is 0. The molecule has 0 aliphatic rings. The smallest absolute Gasteiger partial charge is 0.382 e. The number of halogens is 3. The maximum absolute atomic E-state index is 11.7. The van der Waals surface area contributed by atoms with Gasteiger partial charge in [-0.15, -0.1) is 6.58 Å². The monoisotopic (exact) mass is 214 g/mol.